The zero-order valence-electron chi connectivity index (χ0n) is 13.0. The fourth-order valence-electron chi connectivity index (χ4n) is 2.82. The average molecular weight is 348 g/mol. The van der Waals surface area contributed by atoms with E-state index in [1.165, 1.54) is 6.07 Å². The van der Waals surface area contributed by atoms with Gasteiger partial charge in [-0.25, -0.2) is 4.98 Å². The first-order valence-electron chi connectivity index (χ1n) is 7.63. The number of nitrogens with zero attached hydrogens (tertiary/aromatic N) is 3. The zero-order chi connectivity index (χ0) is 18.0. The summed E-state index contributed by atoms with van der Waals surface area (Å²) >= 11 is 0. The molecule has 0 fully saturated rings. The van der Waals surface area contributed by atoms with Crippen LogP contribution in [0.1, 0.15) is 24.0 Å². The molecule has 2 unspecified atom stereocenters. The second-order valence-corrected chi connectivity index (χ2v) is 5.77. The van der Waals surface area contributed by atoms with E-state index in [0.29, 0.717) is 12.8 Å². The molecule has 1 heterocycles. The lowest BCUT2D eigenvalue weighted by molar-refractivity contribution is -0.137. The quantitative estimate of drug-likeness (QED) is 0.893. The maximum absolute atomic E-state index is 13.1. The van der Waals surface area contributed by atoms with Crippen molar-refractivity contribution in [2.24, 2.45) is 0 Å². The minimum absolute atomic E-state index is 0.193. The number of hydrogen-bond donors (Lipinski definition) is 2. The van der Waals surface area contributed by atoms with Crippen LogP contribution in [-0.4, -0.2) is 26.8 Å². The van der Waals surface area contributed by atoms with E-state index < -0.39 is 29.4 Å². The van der Waals surface area contributed by atoms with Crippen molar-refractivity contribution in [2.75, 3.05) is 5.32 Å². The molecule has 8 heteroatoms. The summed E-state index contributed by atoms with van der Waals surface area (Å²) in [6.45, 7) is 0. The summed E-state index contributed by atoms with van der Waals surface area (Å²) in [5.41, 5.74) is -0.329. The maximum Gasteiger partial charge on any atom is 0.417 e. The summed E-state index contributed by atoms with van der Waals surface area (Å²) in [6.07, 6.45) is 2.57. The van der Waals surface area contributed by atoms with Crippen LogP contribution in [0.3, 0.4) is 0 Å². The summed E-state index contributed by atoms with van der Waals surface area (Å²) in [6, 6.07) is 4.43. The van der Waals surface area contributed by atoms with Gasteiger partial charge in [-0.3, -0.25) is 0 Å². The first-order valence-corrected chi connectivity index (χ1v) is 7.63. The molecule has 0 radical (unpaired) electrons. The molecule has 1 aromatic carbocycles. The third-order valence-electron chi connectivity index (χ3n) is 4.10. The van der Waals surface area contributed by atoms with Gasteiger partial charge < -0.3 is 15.0 Å². The van der Waals surface area contributed by atoms with Crippen molar-refractivity contribution >= 4 is 11.4 Å². The summed E-state index contributed by atoms with van der Waals surface area (Å²) < 4.78 is 41.0. The summed E-state index contributed by atoms with van der Waals surface area (Å²) in [5.74, 6) is 0. The number of rotatable bonds is 3. The number of imidazole rings is 1. The van der Waals surface area contributed by atoms with Crippen molar-refractivity contribution in [1.29, 1.82) is 5.26 Å². The monoisotopic (exact) mass is 348 g/mol. The lowest BCUT2D eigenvalue weighted by atomic mass is 9.96. The van der Waals surface area contributed by atoms with Gasteiger partial charge in [0.1, 0.15) is 0 Å². The summed E-state index contributed by atoms with van der Waals surface area (Å²) in [4.78, 5) is 3.97. The Morgan fingerprint density at radius 2 is 2.16 bits per heavy atom. The highest BCUT2D eigenvalue weighted by molar-refractivity contribution is 5.56. The molecule has 0 aliphatic heterocycles. The number of alkyl halides is 3. The van der Waals surface area contributed by atoms with Crippen molar-refractivity contribution < 1.29 is 18.3 Å². The van der Waals surface area contributed by atoms with Gasteiger partial charge in [0.05, 0.1) is 35.7 Å². The molecular formula is C17H15F3N4O. The van der Waals surface area contributed by atoms with Gasteiger partial charge in [-0.05, 0) is 37.1 Å². The van der Waals surface area contributed by atoms with Crippen LogP contribution in [0.5, 0.6) is 0 Å². The Kier molecular flexibility index (Phi) is 4.51. The van der Waals surface area contributed by atoms with Crippen LogP contribution in [0.25, 0.3) is 5.70 Å². The third-order valence-corrected chi connectivity index (χ3v) is 4.10. The van der Waals surface area contributed by atoms with Crippen LogP contribution in [0.15, 0.2) is 43.0 Å². The molecule has 0 bridgehead atoms. The number of nitriles is 1. The molecule has 25 heavy (non-hydrogen) atoms. The van der Waals surface area contributed by atoms with Crippen LogP contribution in [0.4, 0.5) is 18.9 Å². The molecule has 130 valence electrons. The molecule has 2 aromatic rings. The fourth-order valence-corrected chi connectivity index (χ4v) is 2.82. The number of anilines is 1. The van der Waals surface area contributed by atoms with Gasteiger partial charge in [-0.2, -0.15) is 18.4 Å². The number of aliphatic hydroxyl groups is 1. The van der Waals surface area contributed by atoms with Crippen molar-refractivity contribution in [3.63, 3.8) is 0 Å². The van der Waals surface area contributed by atoms with Crippen LogP contribution in [-0.2, 0) is 6.18 Å². The van der Waals surface area contributed by atoms with E-state index in [9.17, 15) is 18.3 Å². The van der Waals surface area contributed by atoms with E-state index in [-0.39, 0.29) is 5.69 Å². The summed E-state index contributed by atoms with van der Waals surface area (Å²) in [7, 11) is 0. The largest absolute Gasteiger partial charge is 0.417 e. The number of halogens is 3. The highest BCUT2D eigenvalue weighted by Crippen LogP contribution is 2.34. The molecule has 1 aliphatic rings. The molecule has 3 rings (SSSR count). The van der Waals surface area contributed by atoms with Crippen molar-refractivity contribution in [1.82, 2.24) is 9.55 Å². The lowest BCUT2D eigenvalue weighted by Crippen LogP contribution is -2.35. The molecule has 0 amide bonds. The highest BCUT2D eigenvalue weighted by Gasteiger charge is 2.34. The van der Waals surface area contributed by atoms with Crippen LogP contribution < -0.4 is 5.32 Å². The Morgan fingerprint density at radius 3 is 2.80 bits per heavy atom. The number of allylic oxidation sites excluding steroid dienone is 1. The predicted molar refractivity (Wildman–Crippen MR) is 85.3 cm³/mol. The van der Waals surface area contributed by atoms with Crippen LogP contribution >= 0.6 is 0 Å². The van der Waals surface area contributed by atoms with Gasteiger partial charge in [0.25, 0.3) is 0 Å². The minimum atomic E-state index is -4.62. The standard InChI is InChI=1S/C17H15F3N4O/c18-17(19,20)14-7-12(2-1-11(14)9-21)23-15-8-13(3-4-16(15)25)24-6-5-22-10-24/h1-2,5-8,10,15-16,23,25H,3-4H2. The van der Waals surface area contributed by atoms with Crippen molar-refractivity contribution in [3.05, 3.63) is 54.1 Å². The topological polar surface area (TPSA) is 73.9 Å². The van der Waals surface area contributed by atoms with Gasteiger partial charge >= 0.3 is 6.18 Å². The normalized spacial score (nSPS) is 20.7. The molecule has 1 aromatic heterocycles. The van der Waals surface area contributed by atoms with E-state index in [1.807, 2.05) is 0 Å². The van der Waals surface area contributed by atoms with Crippen LogP contribution in [0, 0.1) is 11.3 Å². The second kappa shape index (κ2) is 6.61. The number of benzene rings is 1. The van der Waals surface area contributed by atoms with Gasteiger partial charge in [0.15, 0.2) is 0 Å². The smallest absolute Gasteiger partial charge is 0.391 e. The lowest BCUT2D eigenvalue weighted by Gasteiger charge is -2.28. The Hall–Kier alpha value is -2.79. The molecule has 0 spiro atoms. The predicted octanol–water partition coefficient (Wildman–Crippen LogP) is 3.25. The van der Waals surface area contributed by atoms with E-state index in [4.69, 9.17) is 5.26 Å². The second-order valence-electron chi connectivity index (χ2n) is 5.77. The van der Waals surface area contributed by atoms with E-state index >= 15 is 0 Å². The molecule has 0 saturated heterocycles. The van der Waals surface area contributed by atoms with Gasteiger partial charge in [-0.15, -0.1) is 0 Å². The Bertz CT molecular complexity index is 821. The Balaban J connectivity index is 1.88. The van der Waals surface area contributed by atoms with Crippen molar-refractivity contribution in [3.8, 4) is 6.07 Å². The summed E-state index contributed by atoms with van der Waals surface area (Å²) in [5, 5.41) is 21.9. The maximum atomic E-state index is 13.1. The molecule has 1 aliphatic carbocycles. The first kappa shape index (κ1) is 17.0. The van der Waals surface area contributed by atoms with Gasteiger partial charge in [0, 0.05) is 23.8 Å². The minimum Gasteiger partial charge on any atom is -0.391 e. The first-order chi connectivity index (χ1) is 11.9. The molecular weight excluding hydrogens is 333 g/mol. The molecule has 2 atom stereocenters. The molecule has 0 saturated carbocycles. The van der Waals surface area contributed by atoms with Crippen LogP contribution in [0.2, 0.25) is 0 Å². The van der Waals surface area contributed by atoms with E-state index in [2.05, 4.69) is 10.3 Å². The number of nitrogens with one attached hydrogen (secondary N) is 1. The Morgan fingerprint density at radius 1 is 1.36 bits per heavy atom. The third kappa shape index (κ3) is 3.67. The fraction of sp³-hybridized carbons (Fsp3) is 0.294. The highest BCUT2D eigenvalue weighted by atomic mass is 19.4. The van der Waals surface area contributed by atoms with Gasteiger partial charge in [-0.1, -0.05) is 0 Å². The zero-order valence-corrected chi connectivity index (χ0v) is 13.0. The van der Waals surface area contributed by atoms with Gasteiger partial charge in [0.2, 0.25) is 0 Å². The number of aromatic nitrogens is 2. The van der Waals surface area contributed by atoms with E-state index in [0.717, 1.165) is 17.8 Å². The molecule has 2 N–H and O–H groups in total. The van der Waals surface area contributed by atoms with Crippen molar-refractivity contribution in [2.45, 2.75) is 31.2 Å². The average Bonchev–Trinajstić information content (AvgIpc) is 3.10. The van der Waals surface area contributed by atoms with E-state index in [1.54, 1.807) is 35.4 Å². The molecule has 5 nitrogen and oxygen atoms in total. The number of aliphatic hydroxyl groups excluding tert-OH is 1. The Labute approximate surface area is 142 Å². The number of hydrogen-bond acceptors (Lipinski definition) is 4. The SMILES string of the molecule is N#Cc1ccc(NC2C=C(n3ccnc3)CCC2O)cc1C(F)(F)F.